The van der Waals surface area contributed by atoms with Crippen LogP contribution in [0.25, 0.3) is 0 Å². The number of halogens is 5. The molecule has 0 fully saturated rings. The molecule has 0 aliphatic rings. The van der Waals surface area contributed by atoms with Crippen LogP contribution in [0, 0.1) is 11.3 Å². The second-order valence-corrected chi connectivity index (χ2v) is 8.26. The quantitative estimate of drug-likeness (QED) is 0.338. The van der Waals surface area contributed by atoms with Crippen LogP contribution in [0.2, 0.25) is 10.0 Å². The van der Waals surface area contributed by atoms with Gasteiger partial charge in [-0.05, 0) is 42.0 Å². The van der Waals surface area contributed by atoms with Gasteiger partial charge in [0.05, 0.1) is 28.8 Å². The van der Waals surface area contributed by atoms with E-state index in [4.69, 9.17) is 38.3 Å². The van der Waals surface area contributed by atoms with Crippen molar-refractivity contribution in [1.29, 1.82) is 5.26 Å². The number of nitrogens with one attached hydrogen (secondary N) is 1. The van der Waals surface area contributed by atoms with Gasteiger partial charge in [-0.3, -0.25) is 0 Å². The zero-order chi connectivity index (χ0) is 25.3. The summed E-state index contributed by atoms with van der Waals surface area (Å²) in [5, 5.41) is 28.5. The molecule has 0 saturated heterocycles. The summed E-state index contributed by atoms with van der Waals surface area (Å²) in [6.07, 6.45) is -5.21. The Morgan fingerprint density at radius 2 is 1.74 bits per heavy atom. The molecular weight excluding hydrogens is 496 g/mol. The van der Waals surface area contributed by atoms with E-state index in [1.807, 2.05) is 6.07 Å². The fourth-order valence-electron chi connectivity index (χ4n) is 3.50. The van der Waals surface area contributed by atoms with E-state index in [1.54, 1.807) is 0 Å². The van der Waals surface area contributed by atoms with Gasteiger partial charge in [0.1, 0.15) is 11.5 Å². The number of rotatable bonds is 7. The minimum Gasteiger partial charge on any atom is -0.478 e. The topological polar surface area (TPSA) is 106 Å². The molecule has 3 rings (SSSR count). The van der Waals surface area contributed by atoms with E-state index in [2.05, 4.69) is 4.98 Å². The molecule has 0 amide bonds. The first-order valence-corrected chi connectivity index (χ1v) is 10.5. The van der Waals surface area contributed by atoms with E-state index in [9.17, 15) is 23.1 Å². The number of nitriles is 1. The third-order valence-electron chi connectivity index (χ3n) is 5.33. The Bertz CT molecular complexity index is 1270. The molecule has 3 N–H and O–H groups in total. The number of hydrogen-bond donors (Lipinski definition) is 3. The SMILES string of the molecule is CC(c1ccc(Oc2ccc(C(=O)O)c(Cl)c2)cc1Cl)C(O)(c1ccc(CC#N)[nH]1)C(F)(F)F. The number of aromatic amines is 1. The highest BCUT2D eigenvalue weighted by Crippen LogP contribution is 2.49. The molecule has 0 bridgehead atoms. The van der Waals surface area contributed by atoms with E-state index in [-0.39, 0.29) is 44.8 Å². The van der Waals surface area contributed by atoms with Crippen LogP contribution in [-0.2, 0) is 12.0 Å². The number of carbonyl (C=O) groups is 1. The lowest BCUT2D eigenvalue weighted by Crippen LogP contribution is -2.47. The fraction of sp³-hybridized carbons (Fsp3) is 0.217. The largest absolute Gasteiger partial charge is 0.478 e. The van der Waals surface area contributed by atoms with Crippen molar-refractivity contribution in [3.8, 4) is 17.6 Å². The van der Waals surface area contributed by atoms with Gasteiger partial charge < -0.3 is 19.9 Å². The average molecular weight is 513 g/mol. The van der Waals surface area contributed by atoms with Crippen molar-refractivity contribution < 1.29 is 32.9 Å². The van der Waals surface area contributed by atoms with E-state index in [0.717, 1.165) is 6.07 Å². The van der Waals surface area contributed by atoms with Gasteiger partial charge in [0.15, 0.2) is 0 Å². The van der Waals surface area contributed by atoms with Gasteiger partial charge in [-0.15, -0.1) is 0 Å². The molecule has 6 nitrogen and oxygen atoms in total. The summed E-state index contributed by atoms with van der Waals surface area (Å²) in [5.74, 6) is -2.40. The van der Waals surface area contributed by atoms with E-state index >= 15 is 0 Å². The molecule has 3 aromatic rings. The molecule has 0 spiro atoms. The highest BCUT2D eigenvalue weighted by Gasteiger charge is 2.59. The molecule has 0 radical (unpaired) electrons. The first kappa shape index (κ1) is 25.4. The summed E-state index contributed by atoms with van der Waals surface area (Å²) in [6.45, 7) is 1.18. The van der Waals surface area contributed by atoms with Crippen LogP contribution in [0.3, 0.4) is 0 Å². The monoisotopic (exact) mass is 512 g/mol. The van der Waals surface area contributed by atoms with Gasteiger partial charge in [-0.1, -0.05) is 36.2 Å². The lowest BCUT2D eigenvalue weighted by atomic mass is 9.80. The van der Waals surface area contributed by atoms with E-state index in [1.165, 1.54) is 49.4 Å². The molecular formula is C23H17Cl2F3N2O4. The van der Waals surface area contributed by atoms with Crippen LogP contribution in [0.4, 0.5) is 13.2 Å². The van der Waals surface area contributed by atoms with Crippen LogP contribution in [-0.4, -0.2) is 27.3 Å². The minimum atomic E-state index is -5.07. The van der Waals surface area contributed by atoms with Gasteiger partial charge in [0.2, 0.25) is 5.60 Å². The predicted molar refractivity (Wildman–Crippen MR) is 118 cm³/mol. The molecule has 2 aromatic carbocycles. The number of nitrogens with zero attached hydrogens (tertiary/aromatic N) is 1. The summed E-state index contributed by atoms with van der Waals surface area (Å²) in [5.41, 5.74) is -3.71. The third-order valence-corrected chi connectivity index (χ3v) is 5.97. The van der Waals surface area contributed by atoms with Gasteiger partial charge >= 0.3 is 12.1 Å². The zero-order valence-corrected chi connectivity index (χ0v) is 19.0. The number of alkyl halides is 3. The van der Waals surface area contributed by atoms with Crippen molar-refractivity contribution in [3.05, 3.63) is 81.1 Å². The number of hydrogen-bond acceptors (Lipinski definition) is 4. The van der Waals surface area contributed by atoms with Crippen molar-refractivity contribution in [3.63, 3.8) is 0 Å². The number of aromatic nitrogens is 1. The Kier molecular flexibility index (Phi) is 7.17. The normalized spacial score (nSPS) is 14.2. The summed E-state index contributed by atoms with van der Waals surface area (Å²) < 4.78 is 47.9. The summed E-state index contributed by atoms with van der Waals surface area (Å²) in [7, 11) is 0. The lowest BCUT2D eigenvalue weighted by molar-refractivity contribution is -0.276. The van der Waals surface area contributed by atoms with Crippen molar-refractivity contribution in [2.75, 3.05) is 0 Å². The number of ether oxygens (including phenoxy) is 1. The molecule has 34 heavy (non-hydrogen) atoms. The molecule has 1 aromatic heterocycles. The molecule has 2 unspecified atom stereocenters. The Balaban J connectivity index is 1.93. The van der Waals surface area contributed by atoms with Crippen LogP contribution in [0.5, 0.6) is 11.5 Å². The van der Waals surface area contributed by atoms with Crippen LogP contribution in [0.1, 0.15) is 40.2 Å². The molecule has 11 heteroatoms. The maximum atomic E-state index is 14.1. The summed E-state index contributed by atoms with van der Waals surface area (Å²) in [6, 6.07) is 12.1. The van der Waals surface area contributed by atoms with Crippen LogP contribution in [0.15, 0.2) is 48.5 Å². The number of benzene rings is 2. The molecule has 2 atom stereocenters. The Labute approximate surface area is 202 Å². The number of aliphatic hydroxyl groups is 1. The van der Waals surface area contributed by atoms with Gasteiger partial charge in [0, 0.05) is 22.7 Å². The van der Waals surface area contributed by atoms with E-state index < -0.39 is 29.4 Å². The van der Waals surface area contributed by atoms with E-state index in [0.29, 0.717) is 0 Å². The first-order chi connectivity index (χ1) is 15.9. The minimum absolute atomic E-state index is 0.00420. The molecule has 178 valence electrons. The number of carboxylic acid groups (broad SMARTS) is 1. The zero-order valence-electron chi connectivity index (χ0n) is 17.5. The highest BCUT2D eigenvalue weighted by atomic mass is 35.5. The maximum Gasteiger partial charge on any atom is 0.423 e. The Morgan fingerprint density at radius 3 is 2.26 bits per heavy atom. The first-order valence-electron chi connectivity index (χ1n) is 9.73. The summed E-state index contributed by atoms with van der Waals surface area (Å²) >= 11 is 12.2. The lowest BCUT2D eigenvalue weighted by Gasteiger charge is -2.36. The van der Waals surface area contributed by atoms with Crippen molar-refractivity contribution in [2.24, 2.45) is 0 Å². The van der Waals surface area contributed by atoms with Gasteiger partial charge in [0.25, 0.3) is 0 Å². The Hall–Kier alpha value is -3.19. The summed E-state index contributed by atoms with van der Waals surface area (Å²) in [4.78, 5) is 13.5. The smallest absolute Gasteiger partial charge is 0.423 e. The Morgan fingerprint density at radius 1 is 1.12 bits per heavy atom. The van der Waals surface area contributed by atoms with Crippen molar-refractivity contribution in [2.45, 2.75) is 31.0 Å². The van der Waals surface area contributed by atoms with Crippen molar-refractivity contribution in [1.82, 2.24) is 4.98 Å². The van der Waals surface area contributed by atoms with Crippen molar-refractivity contribution >= 4 is 29.2 Å². The molecule has 1 heterocycles. The molecule has 0 saturated carbocycles. The number of aromatic carboxylic acids is 1. The fourth-order valence-corrected chi connectivity index (χ4v) is 4.08. The van der Waals surface area contributed by atoms with Crippen LogP contribution < -0.4 is 4.74 Å². The maximum absolute atomic E-state index is 14.1. The third kappa shape index (κ3) is 4.85. The predicted octanol–water partition coefficient (Wildman–Crippen LogP) is 6.43. The number of carboxylic acids is 1. The standard InChI is InChI=1S/C23H17Cl2F3N2O4/c1-12(22(33,23(26,27)28)20-7-2-13(30-20)8-9-29)16-5-3-14(10-18(16)24)34-15-4-6-17(21(31)32)19(25)11-15/h2-7,10-12,30,33H,8H2,1H3,(H,31,32). The molecule has 0 aliphatic carbocycles. The van der Waals surface area contributed by atoms with Crippen LogP contribution >= 0.6 is 23.2 Å². The molecule has 0 aliphatic heterocycles. The highest BCUT2D eigenvalue weighted by molar-refractivity contribution is 6.33. The second-order valence-electron chi connectivity index (χ2n) is 7.45. The average Bonchev–Trinajstić information content (AvgIpc) is 3.21. The van der Waals surface area contributed by atoms with Gasteiger partial charge in [-0.2, -0.15) is 18.4 Å². The second kappa shape index (κ2) is 9.58. The number of H-pyrrole nitrogens is 1. The van der Waals surface area contributed by atoms with Gasteiger partial charge in [-0.25, -0.2) is 4.79 Å².